The van der Waals surface area contributed by atoms with Gasteiger partial charge in [0.25, 0.3) is 5.91 Å². The Bertz CT molecular complexity index is 575. The number of carbonyl (C=O) groups is 1. The first-order valence-electron chi connectivity index (χ1n) is 8.35. The van der Waals surface area contributed by atoms with Crippen molar-refractivity contribution in [3.8, 4) is 5.75 Å². The van der Waals surface area contributed by atoms with Crippen LogP contribution in [0.3, 0.4) is 0 Å². The molecular weight excluding hydrogens is 337 g/mol. The number of alkyl halides is 3. The van der Waals surface area contributed by atoms with E-state index in [1.165, 1.54) is 18.6 Å². The highest BCUT2D eigenvalue weighted by molar-refractivity contribution is 5.94. The summed E-state index contributed by atoms with van der Waals surface area (Å²) in [6.45, 7) is 0. The molecule has 1 fully saturated rings. The minimum absolute atomic E-state index is 0.0932. The molecule has 0 radical (unpaired) electrons. The molecule has 8 heteroatoms. The van der Waals surface area contributed by atoms with Gasteiger partial charge < -0.3 is 20.9 Å². The van der Waals surface area contributed by atoms with Crippen LogP contribution in [0.1, 0.15) is 38.5 Å². The lowest BCUT2D eigenvalue weighted by molar-refractivity contribution is -0.274. The molecule has 0 spiro atoms. The van der Waals surface area contributed by atoms with Crippen LogP contribution in [0.15, 0.2) is 24.3 Å². The lowest BCUT2D eigenvalue weighted by Gasteiger charge is -2.26. The van der Waals surface area contributed by atoms with Gasteiger partial charge in [0.05, 0.1) is 0 Å². The molecule has 1 aliphatic carbocycles. The molecule has 4 N–H and O–H groups in total. The van der Waals surface area contributed by atoms with Crippen molar-refractivity contribution in [2.24, 2.45) is 11.7 Å². The van der Waals surface area contributed by atoms with Crippen LogP contribution in [0.5, 0.6) is 5.75 Å². The van der Waals surface area contributed by atoms with Crippen molar-refractivity contribution in [1.29, 1.82) is 0 Å². The molecule has 1 aromatic carbocycles. The van der Waals surface area contributed by atoms with Gasteiger partial charge in [-0.05, 0) is 24.5 Å². The van der Waals surface area contributed by atoms with E-state index >= 15 is 0 Å². The number of benzene rings is 1. The first kappa shape index (κ1) is 19.5. The fraction of sp³-hybridized carbons (Fsp3) is 0.588. The van der Waals surface area contributed by atoms with Crippen molar-refractivity contribution in [3.05, 3.63) is 24.3 Å². The average Bonchev–Trinajstić information content (AvgIpc) is 2.53. The van der Waals surface area contributed by atoms with Crippen LogP contribution >= 0.6 is 0 Å². The predicted octanol–water partition coefficient (Wildman–Crippen LogP) is 3.18. The van der Waals surface area contributed by atoms with Gasteiger partial charge in [-0.25, -0.2) is 0 Å². The molecule has 0 bridgehead atoms. The predicted molar refractivity (Wildman–Crippen MR) is 86.9 cm³/mol. The first-order chi connectivity index (χ1) is 11.7. The van der Waals surface area contributed by atoms with Crippen LogP contribution in [0.2, 0.25) is 0 Å². The highest BCUT2D eigenvalue weighted by Gasteiger charge is 2.31. The number of halogens is 3. The van der Waals surface area contributed by atoms with Gasteiger partial charge in [0.2, 0.25) is 0 Å². The molecule has 0 aliphatic heterocycles. The maximum atomic E-state index is 12.2. The third kappa shape index (κ3) is 6.55. The second kappa shape index (κ2) is 8.53. The van der Waals surface area contributed by atoms with E-state index < -0.39 is 30.2 Å². The molecule has 0 saturated heterocycles. The van der Waals surface area contributed by atoms with Crippen LogP contribution in [0, 0.1) is 5.92 Å². The molecule has 0 aromatic heterocycles. The molecule has 5 nitrogen and oxygen atoms in total. The molecular formula is C17H23F3N2O3. The Labute approximate surface area is 144 Å². The van der Waals surface area contributed by atoms with E-state index in [9.17, 15) is 23.1 Å². The van der Waals surface area contributed by atoms with Crippen LogP contribution in [0.4, 0.5) is 18.9 Å². The Morgan fingerprint density at radius 2 is 2.00 bits per heavy atom. The highest BCUT2D eigenvalue weighted by atomic mass is 19.4. The molecule has 2 atom stereocenters. The fourth-order valence-corrected chi connectivity index (χ4v) is 3.12. The number of ether oxygens (including phenoxy) is 1. The smallest absolute Gasteiger partial charge is 0.406 e. The van der Waals surface area contributed by atoms with E-state index in [0.717, 1.165) is 37.8 Å². The summed E-state index contributed by atoms with van der Waals surface area (Å²) in [4.78, 5) is 12.1. The summed E-state index contributed by atoms with van der Waals surface area (Å²) in [5, 5.41) is 12.5. The highest BCUT2D eigenvalue weighted by Crippen LogP contribution is 2.28. The zero-order valence-electron chi connectivity index (χ0n) is 13.8. The number of aliphatic hydroxyl groups is 1. The third-order valence-corrected chi connectivity index (χ3v) is 4.34. The van der Waals surface area contributed by atoms with E-state index in [0.29, 0.717) is 12.3 Å². The zero-order chi connectivity index (χ0) is 18.4. The molecule has 140 valence electrons. The summed E-state index contributed by atoms with van der Waals surface area (Å²) < 4.78 is 40.5. The summed E-state index contributed by atoms with van der Waals surface area (Å²) in [5.41, 5.74) is 6.02. The van der Waals surface area contributed by atoms with Crippen molar-refractivity contribution < 1.29 is 27.8 Å². The standard InChI is InChI=1S/C17H23F3N2O3/c18-17(19,20)25-13-8-4-7-12(10-13)22-16(24)15(23)14(21)9-11-5-2-1-3-6-11/h4,7-8,10-11,14-15,23H,1-3,5-6,9,21H2,(H,22,24)/t14-,15?/m1/s1. The molecule has 1 aliphatic rings. The summed E-state index contributed by atoms with van der Waals surface area (Å²) in [5.74, 6) is -0.798. The molecule has 1 aromatic rings. The lowest BCUT2D eigenvalue weighted by atomic mass is 9.84. The number of anilines is 1. The number of nitrogens with one attached hydrogen (secondary N) is 1. The molecule has 1 amide bonds. The Hall–Kier alpha value is -1.80. The zero-order valence-corrected chi connectivity index (χ0v) is 13.8. The normalized spacial score (nSPS) is 18.4. The van der Waals surface area contributed by atoms with Gasteiger partial charge in [-0.1, -0.05) is 38.2 Å². The Morgan fingerprint density at radius 3 is 2.64 bits per heavy atom. The Morgan fingerprint density at radius 1 is 1.32 bits per heavy atom. The van der Waals surface area contributed by atoms with Gasteiger partial charge in [0, 0.05) is 17.8 Å². The monoisotopic (exact) mass is 360 g/mol. The summed E-state index contributed by atoms with van der Waals surface area (Å²) in [6.07, 6.45) is -0.148. The largest absolute Gasteiger partial charge is 0.573 e. The first-order valence-corrected chi connectivity index (χ1v) is 8.35. The number of aliphatic hydroxyl groups excluding tert-OH is 1. The van der Waals surface area contributed by atoms with Gasteiger partial charge >= 0.3 is 6.36 Å². The maximum absolute atomic E-state index is 12.2. The van der Waals surface area contributed by atoms with Crippen LogP contribution in [-0.2, 0) is 4.79 Å². The van der Waals surface area contributed by atoms with Crippen LogP contribution in [-0.4, -0.2) is 29.5 Å². The SMILES string of the molecule is N[C@H](CC1CCCCC1)C(O)C(=O)Nc1cccc(OC(F)(F)F)c1. The topological polar surface area (TPSA) is 84.6 Å². The maximum Gasteiger partial charge on any atom is 0.573 e. The molecule has 0 heterocycles. The molecule has 1 saturated carbocycles. The van der Waals surface area contributed by atoms with Crippen molar-refractivity contribution in [1.82, 2.24) is 0 Å². The van der Waals surface area contributed by atoms with E-state index in [1.54, 1.807) is 0 Å². The number of nitrogens with two attached hydrogens (primary N) is 1. The minimum atomic E-state index is -4.81. The Kier molecular flexibility index (Phi) is 6.66. The van der Waals surface area contributed by atoms with Gasteiger partial charge in [-0.3, -0.25) is 4.79 Å². The van der Waals surface area contributed by atoms with Gasteiger partial charge in [0.1, 0.15) is 11.9 Å². The molecule has 2 rings (SSSR count). The number of rotatable bonds is 6. The van der Waals surface area contributed by atoms with Crippen LogP contribution < -0.4 is 15.8 Å². The van der Waals surface area contributed by atoms with Gasteiger partial charge in [0.15, 0.2) is 0 Å². The number of amides is 1. The van der Waals surface area contributed by atoms with Crippen molar-refractivity contribution in [2.45, 2.75) is 57.0 Å². The average molecular weight is 360 g/mol. The van der Waals surface area contributed by atoms with Crippen molar-refractivity contribution >= 4 is 11.6 Å². The summed E-state index contributed by atoms with van der Waals surface area (Å²) in [6, 6.07) is 4.16. The molecule has 25 heavy (non-hydrogen) atoms. The fourth-order valence-electron chi connectivity index (χ4n) is 3.12. The second-order valence-corrected chi connectivity index (χ2v) is 6.41. The van der Waals surface area contributed by atoms with Crippen molar-refractivity contribution in [2.75, 3.05) is 5.32 Å². The van der Waals surface area contributed by atoms with E-state index in [4.69, 9.17) is 5.73 Å². The quantitative estimate of drug-likeness (QED) is 0.727. The number of carbonyl (C=O) groups excluding carboxylic acids is 1. The number of hydrogen-bond acceptors (Lipinski definition) is 4. The lowest BCUT2D eigenvalue weighted by Crippen LogP contribution is -2.44. The van der Waals surface area contributed by atoms with E-state index in [2.05, 4.69) is 10.1 Å². The van der Waals surface area contributed by atoms with Gasteiger partial charge in [-0.15, -0.1) is 13.2 Å². The van der Waals surface area contributed by atoms with E-state index in [-0.39, 0.29) is 5.69 Å². The minimum Gasteiger partial charge on any atom is -0.406 e. The van der Waals surface area contributed by atoms with Gasteiger partial charge in [-0.2, -0.15) is 0 Å². The van der Waals surface area contributed by atoms with Crippen LogP contribution in [0.25, 0.3) is 0 Å². The number of hydrogen-bond donors (Lipinski definition) is 3. The second-order valence-electron chi connectivity index (χ2n) is 6.41. The summed E-state index contributed by atoms with van der Waals surface area (Å²) >= 11 is 0. The molecule has 1 unspecified atom stereocenters. The third-order valence-electron chi connectivity index (χ3n) is 4.34. The van der Waals surface area contributed by atoms with Crippen molar-refractivity contribution in [3.63, 3.8) is 0 Å². The Balaban J connectivity index is 1.90. The summed E-state index contributed by atoms with van der Waals surface area (Å²) in [7, 11) is 0. The van der Waals surface area contributed by atoms with E-state index in [1.807, 2.05) is 0 Å².